The average Bonchev–Trinajstić information content (AvgIpc) is 2.68. The van der Waals surface area contributed by atoms with Gasteiger partial charge in [-0.1, -0.05) is 12.1 Å². The predicted octanol–water partition coefficient (Wildman–Crippen LogP) is 5.01. The maximum Gasteiger partial charge on any atom is 0.229 e. The third kappa shape index (κ3) is 4.34. The number of nitrogens with one attached hydrogen (secondary N) is 1. The number of aromatic nitrogens is 2. The van der Waals surface area contributed by atoms with E-state index in [1.807, 2.05) is 31.2 Å². The molecule has 6 heteroatoms. The summed E-state index contributed by atoms with van der Waals surface area (Å²) in [6.07, 6.45) is 0. The van der Waals surface area contributed by atoms with Gasteiger partial charge in [-0.2, -0.15) is 4.98 Å². The summed E-state index contributed by atoms with van der Waals surface area (Å²) in [4.78, 5) is 11.4. The lowest BCUT2D eigenvalue weighted by atomic mass is 10.2. The van der Waals surface area contributed by atoms with Crippen molar-refractivity contribution in [2.45, 2.75) is 20.8 Å². The smallest absolute Gasteiger partial charge is 0.229 e. The van der Waals surface area contributed by atoms with Gasteiger partial charge < -0.3 is 19.7 Å². The van der Waals surface area contributed by atoms with Crippen LogP contribution in [0.5, 0.6) is 11.5 Å². The number of aryl methyl sites for hydroxylation is 2. The van der Waals surface area contributed by atoms with Crippen LogP contribution in [0.2, 0.25) is 0 Å². The number of nitrogens with zero attached hydrogens (tertiary/aromatic N) is 3. The fourth-order valence-electron chi connectivity index (χ4n) is 3.06. The van der Waals surface area contributed by atoms with E-state index in [-0.39, 0.29) is 0 Å². The first-order valence-electron chi connectivity index (χ1n) is 9.23. The summed E-state index contributed by atoms with van der Waals surface area (Å²) in [5.41, 5.74) is 4.04. The molecule has 0 saturated carbocycles. The molecule has 3 aromatic rings. The molecule has 6 nitrogen and oxygen atoms in total. The molecule has 1 aromatic heterocycles. The zero-order valence-corrected chi connectivity index (χ0v) is 17.0. The molecule has 1 N–H and O–H groups in total. The fourth-order valence-corrected chi connectivity index (χ4v) is 3.06. The summed E-state index contributed by atoms with van der Waals surface area (Å²) in [7, 11) is 3.23. The Labute approximate surface area is 166 Å². The first kappa shape index (κ1) is 19.5. The van der Waals surface area contributed by atoms with Gasteiger partial charge in [0.1, 0.15) is 5.82 Å². The van der Waals surface area contributed by atoms with Crippen molar-refractivity contribution in [2.24, 2.45) is 0 Å². The molecule has 0 aliphatic carbocycles. The van der Waals surface area contributed by atoms with E-state index in [2.05, 4.69) is 53.3 Å². The van der Waals surface area contributed by atoms with E-state index in [4.69, 9.17) is 14.5 Å². The number of anilines is 4. The number of benzene rings is 2. The van der Waals surface area contributed by atoms with Crippen LogP contribution in [-0.4, -0.2) is 30.7 Å². The van der Waals surface area contributed by atoms with E-state index in [9.17, 15) is 0 Å². The van der Waals surface area contributed by atoms with Crippen LogP contribution in [0.15, 0.2) is 48.5 Å². The van der Waals surface area contributed by atoms with Crippen molar-refractivity contribution in [1.29, 1.82) is 0 Å². The van der Waals surface area contributed by atoms with E-state index < -0.39 is 0 Å². The molecule has 0 amide bonds. The van der Waals surface area contributed by atoms with Crippen molar-refractivity contribution < 1.29 is 9.47 Å². The minimum Gasteiger partial charge on any atom is -0.493 e. The second-order valence-corrected chi connectivity index (χ2v) is 6.47. The van der Waals surface area contributed by atoms with Gasteiger partial charge in [-0.3, -0.25) is 0 Å². The van der Waals surface area contributed by atoms with E-state index in [0.717, 1.165) is 29.4 Å². The monoisotopic (exact) mass is 378 g/mol. The Kier molecular flexibility index (Phi) is 5.99. The maximum absolute atomic E-state index is 5.37. The van der Waals surface area contributed by atoms with Gasteiger partial charge in [-0.05, 0) is 50.6 Å². The van der Waals surface area contributed by atoms with Crippen LogP contribution in [0.1, 0.15) is 18.2 Å². The van der Waals surface area contributed by atoms with Crippen LogP contribution < -0.4 is 19.7 Å². The van der Waals surface area contributed by atoms with Crippen molar-refractivity contribution in [3.63, 3.8) is 0 Å². The van der Waals surface area contributed by atoms with Crippen molar-refractivity contribution in [1.82, 2.24) is 9.97 Å². The quantitative estimate of drug-likeness (QED) is 0.623. The van der Waals surface area contributed by atoms with Gasteiger partial charge in [-0.25, -0.2) is 4.98 Å². The number of rotatable bonds is 7. The molecule has 0 radical (unpaired) electrons. The topological polar surface area (TPSA) is 59.5 Å². The zero-order chi connectivity index (χ0) is 20.1. The van der Waals surface area contributed by atoms with Crippen LogP contribution >= 0.6 is 0 Å². The highest BCUT2D eigenvalue weighted by Crippen LogP contribution is 2.31. The highest BCUT2D eigenvalue weighted by molar-refractivity contribution is 5.64. The molecule has 0 fully saturated rings. The Hall–Kier alpha value is -3.28. The lowest BCUT2D eigenvalue weighted by Gasteiger charge is -2.23. The summed E-state index contributed by atoms with van der Waals surface area (Å²) >= 11 is 0. The molecule has 1 heterocycles. The Morgan fingerprint density at radius 1 is 0.929 bits per heavy atom. The van der Waals surface area contributed by atoms with Gasteiger partial charge in [-0.15, -0.1) is 0 Å². The Bertz CT molecular complexity index is 959. The number of hydrogen-bond donors (Lipinski definition) is 1. The molecule has 0 spiro atoms. The summed E-state index contributed by atoms with van der Waals surface area (Å²) < 4.78 is 10.7. The molecule has 28 heavy (non-hydrogen) atoms. The second kappa shape index (κ2) is 8.61. The second-order valence-electron chi connectivity index (χ2n) is 6.47. The third-order valence-electron chi connectivity index (χ3n) is 4.39. The maximum atomic E-state index is 5.37. The Morgan fingerprint density at radius 3 is 2.39 bits per heavy atom. The summed E-state index contributed by atoms with van der Waals surface area (Å²) in [5.74, 6) is 2.71. The highest BCUT2D eigenvalue weighted by Gasteiger charge is 2.12. The minimum atomic E-state index is 0.535. The van der Waals surface area contributed by atoms with Crippen LogP contribution in [-0.2, 0) is 0 Å². The van der Waals surface area contributed by atoms with Crippen molar-refractivity contribution in [2.75, 3.05) is 31.0 Å². The summed E-state index contributed by atoms with van der Waals surface area (Å²) in [6.45, 7) is 6.97. The van der Waals surface area contributed by atoms with Gasteiger partial charge in [0.25, 0.3) is 0 Å². The molecule has 0 unspecified atom stereocenters. The van der Waals surface area contributed by atoms with Crippen molar-refractivity contribution >= 4 is 23.1 Å². The first-order valence-corrected chi connectivity index (χ1v) is 9.23. The van der Waals surface area contributed by atoms with E-state index in [1.54, 1.807) is 14.2 Å². The zero-order valence-electron chi connectivity index (χ0n) is 17.0. The van der Waals surface area contributed by atoms with E-state index in [0.29, 0.717) is 17.4 Å². The predicted molar refractivity (Wildman–Crippen MR) is 113 cm³/mol. The normalized spacial score (nSPS) is 10.5. The highest BCUT2D eigenvalue weighted by atomic mass is 16.5. The summed E-state index contributed by atoms with van der Waals surface area (Å²) in [5, 5.41) is 3.27. The molecule has 2 aromatic carbocycles. The lowest BCUT2D eigenvalue weighted by molar-refractivity contribution is 0.355. The van der Waals surface area contributed by atoms with E-state index >= 15 is 0 Å². The van der Waals surface area contributed by atoms with Crippen LogP contribution in [0, 0.1) is 13.8 Å². The van der Waals surface area contributed by atoms with Gasteiger partial charge in [0, 0.05) is 35.7 Å². The molecular weight excluding hydrogens is 352 g/mol. The van der Waals surface area contributed by atoms with Gasteiger partial charge in [0.15, 0.2) is 11.5 Å². The molecule has 0 aliphatic rings. The molecule has 146 valence electrons. The van der Waals surface area contributed by atoms with Crippen LogP contribution in [0.4, 0.5) is 23.1 Å². The molecule has 0 bridgehead atoms. The number of methoxy groups -OCH3 is 2. The summed E-state index contributed by atoms with van der Waals surface area (Å²) in [6, 6.07) is 16.0. The van der Waals surface area contributed by atoms with Crippen molar-refractivity contribution in [3.8, 4) is 11.5 Å². The van der Waals surface area contributed by atoms with Gasteiger partial charge >= 0.3 is 0 Å². The molecule has 0 atom stereocenters. The molecule has 0 aliphatic heterocycles. The first-order chi connectivity index (χ1) is 13.5. The molecule has 3 rings (SSSR count). The minimum absolute atomic E-state index is 0.535. The third-order valence-corrected chi connectivity index (χ3v) is 4.39. The fraction of sp³-hybridized carbons (Fsp3) is 0.273. The Morgan fingerprint density at radius 2 is 1.71 bits per heavy atom. The van der Waals surface area contributed by atoms with Gasteiger partial charge in [0.05, 0.1) is 14.2 Å². The van der Waals surface area contributed by atoms with Crippen molar-refractivity contribution in [3.05, 3.63) is 59.8 Å². The lowest BCUT2D eigenvalue weighted by Crippen LogP contribution is -2.18. The standard InChI is InChI=1S/C22H26N4O2/c1-6-26(18-9-7-8-15(2)12-18)21-13-16(3)23-22(25-21)24-17-10-11-19(27-4)20(14-17)28-5/h7-14H,6H2,1-5H3,(H,23,24,25). The van der Waals surface area contributed by atoms with E-state index in [1.165, 1.54) is 5.56 Å². The number of ether oxygens (including phenoxy) is 2. The van der Waals surface area contributed by atoms with Gasteiger partial charge in [0.2, 0.25) is 5.95 Å². The van der Waals surface area contributed by atoms with Crippen LogP contribution in [0.25, 0.3) is 0 Å². The average molecular weight is 378 g/mol. The van der Waals surface area contributed by atoms with Crippen LogP contribution in [0.3, 0.4) is 0 Å². The number of hydrogen-bond acceptors (Lipinski definition) is 6. The molecule has 0 saturated heterocycles. The molecular formula is C22H26N4O2. The largest absolute Gasteiger partial charge is 0.493 e. The SMILES string of the molecule is CCN(c1cccc(C)c1)c1cc(C)nc(Nc2ccc(OC)c(OC)c2)n1. The Balaban J connectivity index is 1.93.